The van der Waals surface area contributed by atoms with Crippen LogP contribution in [0.3, 0.4) is 0 Å². The fourth-order valence-corrected chi connectivity index (χ4v) is 1.89. The number of nitrogens with two attached hydrogens (primary N) is 1. The molecule has 0 amide bonds. The molecule has 18 heavy (non-hydrogen) atoms. The van der Waals surface area contributed by atoms with Gasteiger partial charge in [-0.15, -0.1) is 0 Å². The van der Waals surface area contributed by atoms with Crippen LogP contribution in [0, 0.1) is 5.82 Å². The Morgan fingerprint density at radius 2 is 1.94 bits per heavy atom. The molecular formula is C14H13ClFNO. The van der Waals surface area contributed by atoms with Gasteiger partial charge in [0, 0.05) is 16.6 Å². The number of hydrogen-bond donors (Lipinski definition) is 1. The molecule has 1 atom stereocenters. The summed E-state index contributed by atoms with van der Waals surface area (Å²) >= 11 is 5.87. The first-order chi connectivity index (χ1) is 8.58. The molecule has 0 unspecified atom stereocenters. The standard InChI is InChI=1S/C14H13ClFNO/c1-9(17)14-12(16)6-3-7-13(14)18-11-5-2-4-10(15)8-11/h2-9H,17H2,1H3/t9-/m1/s1. The highest BCUT2D eigenvalue weighted by Gasteiger charge is 2.14. The minimum Gasteiger partial charge on any atom is -0.457 e. The smallest absolute Gasteiger partial charge is 0.135 e. The van der Waals surface area contributed by atoms with Crippen molar-refractivity contribution in [2.24, 2.45) is 5.73 Å². The van der Waals surface area contributed by atoms with Crippen LogP contribution in [-0.2, 0) is 0 Å². The summed E-state index contributed by atoms with van der Waals surface area (Å²) in [6.45, 7) is 1.71. The van der Waals surface area contributed by atoms with E-state index in [1.54, 1.807) is 43.3 Å². The van der Waals surface area contributed by atoms with E-state index in [0.29, 0.717) is 22.1 Å². The van der Waals surface area contributed by atoms with Crippen molar-refractivity contribution in [1.82, 2.24) is 0 Å². The van der Waals surface area contributed by atoms with Crippen molar-refractivity contribution in [3.05, 3.63) is 58.9 Å². The third-order valence-electron chi connectivity index (χ3n) is 2.49. The zero-order valence-electron chi connectivity index (χ0n) is 9.86. The van der Waals surface area contributed by atoms with Crippen molar-refractivity contribution in [2.45, 2.75) is 13.0 Å². The SMILES string of the molecule is C[C@@H](N)c1c(F)cccc1Oc1cccc(Cl)c1. The summed E-state index contributed by atoms with van der Waals surface area (Å²) in [4.78, 5) is 0. The van der Waals surface area contributed by atoms with Gasteiger partial charge < -0.3 is 10.5 Å². The maximum absolute atomic E-state index is 13.7. The molecule has 0 aromatic heterocycles. The van der Waals surface area contributed by atoms with Gasteiger partial charge in [0.1, 0.15) is 17.3 Å². The van der Waals surface area contributed by atoms with Crippen LogP contribution >= 0.6 is 11.6 Å². The Kier molecular flexibility index (Phi) is 3.84. The topological polar surface area (TPSA) is 35.2 Å². The Hall–Kier alpha value is -1.58. The van der Waals surface area contributed by atoms with Crippen LogP contribution in [0.1, 0.15) is 18.5 Å². The second-order valence-electron chi connectivity index (χ2n) is 4.00. The van der Waals surface area contributed by atoms with Gasteiger partial charge in [-0.2, -0.15) is 0 Å². The molecule has 0 bridgehead atoms. The van der Waals surface area contributed by atoms with Gasteiger partial charge in [-0.25, -0.2) is 4.39 Å². The van der Waals surface area contributed by atoms with Crippen molar-refractivity contribution in [3.63, 3.8) is 0 Å². The molecule has 0 fully saturated rings. The summed E-state index contributed by atoms with van der Waals surface area (Å²) in [5.41, 5.74) is 6.11. The average molecular weight is 266 g/mol. The third kappa shape index (κ3) is 2.81. The van der Waals surface area contributed by atoms with E-state index in [9.17, 15) is 4.39 Å². The Morgan fingerprint density at radius 1 is 1.22 bits per heavy atom. The first-order valence-corrected chi connectivity index (χ1v) is 5.93. The molecule has 94 valence electrons. The predicted molar refractivity (Wildman–Crippen MR) is 70.5 cm³/mol. The van der Waals surface area contributed by atoms with Crippen LogP contribution in [0.15, 0.2) is 42.5 Å². The minimum atomic E-state index is -0.444. The fourth-order valence-electron chi connectivity index (χ4n) is 1.71. The Morgan fingerprint density at radius 3 is 2.61 bits per heavy atom. The van der Waals surface area contributed by atoms with Gasteiger partial charge in [-0.05, 0) is 37.3 Å². The van der Waals surface area contributed by atoms with Gasteiger partial charge >= 0.3 is 0 Å². The Balaban J connectivity index is 2.37. The maximum Gasteiger partial charge on any atom is 0.135 e. The molecular weight excluding hydrogens is 253 g/mol. The molecule has 0 radical (unpaired) electrons. The van der Waals surface area contributed by atoms with E-state index in [1.807, 2.05) is 0 Å². The lowest BCUT2D eigenvalue weighted by molar-refractivity contribution is 0.461. The molecule has 0 aliphatic carbocycles. The lowest BCUT2D eigenvalue weighted by atomic mass is 10.1. The predicted octanol–water partition coefficient (Wildman–Crippen LogP) is 4.29. The molecule has 0 aliphatic rings. The maximum atomic E-state index is 13.7. The van der Waals surface area contributed by atoms with Crippen LogP contribution in [-0.4, -0.2) is 0 Å². The van der Waals surface area contributed by atoms with Gasteiger partial charge in [-0.3, -0.25) is 0 Å². The summed E-state index contributed by atoms with van der Waals surface area (Å²) in [7, 11) is 0. The first-order valence-electron chi connectivity index (χ1n) is 5.55. The van der Waals surface area contributed by atoms with Crippen molar-refractivity contribution < 1.29 is 9.13 Å². The fraction of sp³-hybridized carbons (Fsp3) is 0.143. The van der Waals surface area contributed by atoms with Crippen molar-refractivity contribution in [1.29, 1.82) is 0 Å². The van der Waals surface area contributed by atoms with E-state index >= 15 is 0 Å². The van der Waals surface area contributed by atoms with Gasteiger partial charge in [-0.1, -0.05) is 23.7 Å². The molecule has 2 N–H and O–H groups in total. The summed E-state index contributed by atoms with van der Waals surface area (Å²) < 4.78 is 19.3. The van der Waals surface area contributed by atoms with Gasteiger partial charge in [0.2, 0.25) is 0 Å². The second-order valence-corrected chi connectivity index (χ2v) is 4.44. The molecule has 0 aliphatic heterocycles. The van der Waals surface area contributed by atoms with E-state index in [4.69, 9.17) is 22.1 Å². The highest BCUT2D eigenvalue weighted by molar-refractivity contribution is 6.30. The van der Waals surface area contributed by atoms with Crippen LogP contribution in [0.25, 0.3) is 0 Å². The normalized spacial score (nSPS) is 12.2. The summed E-state index contributed by atoms with van der Waals surface area (Å²) in [6, 6.07) is 11.1. The summed E-state index contributed by atoms with van der Waals surface area (Å²) in [5, 5.41) is 0.561. The van der Waals surface area contributed by atoms with E-state index in [1.165, 1.54) is 6.07 Å². The highest BCUT2D eigenvalue weighted by Crippen LogP contribution is 2.31. The Labute approximate surface area is 110 Å². The monoisotopic (exact) mass is 265 g/mol. The van der Waals surface area contributed by atoms with Crippen molar-refractivity contribution in [3.8, 4) is 11.5 Å². The number of benzene rings is 2. The lowest BCUT2D eigenvalue weighted by Crippen LogP contribution is -2.09. The van der Waals surface area contributed by atoms with Crippen LogP contribution < -0.4 is 10.5 Å². The van der Waals surface area contributed by atoms with E-state index < -0.39 is 6.04 Å². The minimum absolute atomic E-state index is 0.359. The summed E-state index contributed by atoms with van der Waals surface area (Å²) in [5.74, 6) is 0.590. The zero-order chi connectivity index (χ0) is 13.1. The first kappa shape index (κ1) is 12.9. The third-order valence-corrected chi connectivity index (χ3v) is 2.73. The zero-order valence-corrected chi connectivity index (χ0v) is 10.6. The van der Waals surface area contributed by atoms with Crippen LogP contribution in [0.5, 0.6) is 11.5 Å². The van der Waals surface area contributed by atoms with Crippen LogP contribution in [0.4, 0.5) is 4.39 Å². The number of rotatable bonds is 3. The van der Waals surface area contributed by atoms with Crippen LogP contribution in [0.2, 0.25) is 5.02 Å². The number of hydrogen-bond acceptors (Lipinski definition) is 2. The Bertz CT molecular complexity index is 557. The average Bonchev–Trinajstić information content (AvgIpc) is 2.28. The van der Waals surface area contributed by atoms with Gasteiger partial charge in [0.25, 0.3) is 0 Å². The molecule has 2 rings (SSSR count). The lowest BCUT2D eigenvalue weighted by Gasteiger charge is -2.14. The molecule has 0 saturated heterocycles. The molecule has 4 heteroatoms. The van der Waals surface area contributed by atoms with Crippen molar-refractivity contribution >= 4 is 11.6 Å². The van der Waals surface area contributed by atoms with E-state index in [2.05, 4.69) is 0 Å². The van der Waals surface area contributed by atoms with E-state index in [-0.39, 0.29) is 5.82 Å². The largest absolute Gasteiger partial charge is 0.457 e. The highest BCUT2D eigenvalue weighted by atomic mass is 35.5. The van der Waals surface area contributed by atoms with Gasteiger partial charge in [0.05, 0.1) is 0 Å². The number of ether oxygens (including phenoxy) is 1. The molecule has 2 aromatic carbocycles. The molecule has 0 saturated carbocycles. The molecule has 0 heterocycles. The van der Waals surface area contributed by atoms with Gasteiger partial charge in [0.15, 0.2) is 0 Å². The second kappa shape index (κ2) is 5.38. The molecule has 0 spiro atoms. The molecule has 2 aromatic rings. The number of halogens is 2. The summed E-state index contributed by atoms with van der Waals surface area (Å²) in [6.07, 6.45) is 0. The molecule has 2 nitrogen and oxygen atoms in total. The quantitative estimate of drug-likeness (QED) is 0.898. The van der Waals surface area contributed by atoms with E-state index in [0.717, 1.165) is 0 Å². The van der Waals surface area contributed by atoms with Crippen molar-refractivity contribution in [2.75, 3.05) is 0 Å².